The quantitative estimate of drug-likeness (QED) is 0.894. The van der Waals surface area contributed by atoms with Gasteiger partial charge in [-0.2, -0.15) is 9.40 Å². The van der Waals surface area contributed by atoms with Gasteiger partial charge in [0.15, 0.2) is 5.03 Å². The molecule has 1 fully saturated rings. The summed E-state index contributed by atoms with van der Waals surface area (Å²) in [5.41, 5.74) is 0. The second-order valence-electron chi connectivity index (χ2n) is 4.87. The molecular weight excluding hydrogens is 238 g/mol. The van der Waals surface area contributed by atoms with E-state index in [1.807, 2.05) is 0 Å². The van der Waals surface area contributed by atoms with Crippen LogP contribution in [-0.2, 0) is 10.0 Å². The first-order valence-electron chi connectivity index (χ1n) is 5.99. The summed E-state index contributed by atoms with van der Waals surface area (Å²) < 4.78 is 26.0. The molecule has 6 heteroatoms. The van der Waals surface area contributed by atoms with Gasteiger partial charge in [-0.1, -0.05) is 19.8 Å². The number of H-pyrrole nitrogens is 1. The Morgan fingerprint density at radius 3 is 2.82 bits per heavy atom. The number of sulfonamides is 1. The highest BCUT2D eigenvalue weighted by molar-refractivity contribution is 7.89. The lowest BCUT2D eigenvalue weighted by atomic mass is 9.87. The number of nitrogens with zero attached hydrogens (tertiary/aromatic N) is 2. The molecule has 1 aromatic heterocycles. The molecule has 96 valence electrons. The molecule has 0 amide bonds. The van der Waals surface area contributed by atoms with Crippen molar-refractivity contribution in [3.05, 3.63) is 12.3 Å². The average molecular weight is 257 g/mol. The number of rotatable bonds is 3. The van der Waals surface area contributed by atoms with Crippen LogP contribution < -0.4 is 0 Å². The van der Waals surface area contributed by atoms with E-state index in [1.165, 1.54) is 23.0 Å². The zero-order valence-electron chi connectivity index (χ0n) is 10.3. The van der Waals surface area contributed by atoms with Crippen LogP contribution in [0.1, 0.15) is 32.6 Å². The van der Waals surface area contributed by atoms with E-state index in [0.717, 1.165) is 19.3 Å². The highest BCUT2D eigenvalue weighted by Crippen LogP contribution is 2.29. The van der Waals surface area contributed by atoms with Crippen molar-refractivity contribution in [2.24, 2.45) is 5.92 Å². The van der Waals surface area contributed by atoms with Gasteiger partial charge >= 0.3 is 0 Å². The third-order valence-corrected chi connectivity index (χ3v) is 5.39. The van der Waals surface area contributed by atoms with Crippen molar-refractivity contribution in [1.82, 2.24) is 14.5 Å². The maximum Gasteiger partial charge on any atom is 0.259 e. The summed E-state index contributed by atoms with van der Waals surface area (Å²) in [5, 5.41) is 6.41. The van der Waals surface area contributed by atoms with E-state index < -0.39 is 10.0 Å². The first-order chi connectivity index (χ1) is 8.01. The lowest BCUT2D eigenvalue weighted by Crippen LogP contribution is -2.39. The van der Waals surface area contributed by atoms with Gasteiger partial charge in [-0.05, 0) is 24.8 Å². The summed E-state index contributed by atoms with van der Waals surface area (Å²) in [6.07, 6.45) is 5.67. The molecule has 5 nitrogen and oxygen atoms in total. The molecule has 0 aromatic carbocycles. The van der Waals surface area contributed by atoms with Crippen molar-refractivity contribution in [3.63, 3.8) is 0 Å². The van der Waals surface area contributed by atoms with Crippen molar-refractivity contribution < 1.29 is 8.42 Å². The van der Waals surface area contributed by atoms with E-state index in [2.05, 4.69) is 17.1 Å². The average Bonchev–Trinajstić information content (AvgIpc) is 2.82. The molecule has 17 heavy (non-hydrogen) atoms. The minimum absolute atomic E-state index is 0.118. The minimum Gasteiger partial charge on any atom is -0.266 e. The van der Waals surface area contributed by atoms with Crippen LogP contribution in [0.4, 0.5) is 0 Å². The van der Waals surface area contributed by atoms with Gasteiger partial charge in [-0.15, -0.1) is 0 Å². The Bertz CT molecular complexity index is 455. The molecule has 1 saturated carbocycles. The fourth-order valence-corrected chi connectivity index (χ4v) is 3.77. The second kappa shape index (κ2) is 4.78. The van der Waals surface area contributed by atoms with Gasteiger partial charge in [-0.25, -0.2) is 8.42 Å². The monoisotopic (exact) mass is 257 g/mol. The second-order valence-corrected chi connectivity index (χ2v) is 6.83. The van der Waals surface area contributed by atoms with E-state index in [4.69, 9.17) is 0 Å². The Kier molecular flexibility index (Phi) is 3.53. The minimum atomic E-state index is -3.40. The smallest absolute Gasteiger partial charge is 0.259 e. The van der Waals surface area contributed by atoms with Gasteiger partial charge in [0.25, 0.3) is 10.0 Å². The summed E-state index contributed by atoms with van der Waals surface area (Å²) in [7, 11) is -1.74. The van der Waals surface area contributed by atoms with Crippen molar-refractivity contribution in [1.29, 1.82) is 0 Å². The molecular formula is C11H19N3O2S. The zero-order valence-corrected chi connectivity index (χ0v) is 11.1. The molecule has 1 aliphatic rings. The summed E-state index contributed by atoms with van der Waals surface area (Å²) in [5.74, 6) is 0.605. The number of hydrogen-bond donors (Lipinski definition) is 1. The van der Waals surface area contributed by atoms with E-state index in [0.29, 0.717) is 5.92 Å². The highest BCUT2D eigenvalue weighted by Gasteiger charge is 2.31. The first kappa shape index (κ1) is 12.6. The number of aromatic amines is 1. The fourth-order valence-electron chi connectivity index (χ4n) is 2.47. The lowest BCUT2D eigenvalue weighted by Gasteiger charge is -2.32. The molecule has 1 aromatic rings. The normalized spacial score (nSPS) is 26.3. The van der Waals surface area contributed by atoms with Crippen LogP contribution in [-0.4, -0.2) is 36.0 Å². The van der Waals surface area contributed by atoms with Crippen molar-refractivity contribution in [2.75, 3.05) is 7.05 Å². The Morgan fingerprint density at radius 1 is 1.47 bits per heavy atom. The summed E-state index contributed by atoms with van der Waals surface area (Å²) >= 11 is 0. The van der Waals surface area contributed by atoms with Gasteiger partial charge < -0.3 is 0 Å². The third kappa shape index (κ3) is 2.52. The Balaban J connectivity index is 2.17. The van der Waals surface area contributed by atoms with Crippen LogP contribution in [0.25, 0.3) is 0 Å². The van der Waals surface area contributed by atoms with Crippen LogP contribution in [0, 0.1) is 5.92 Å². The van der Waals surface area contributed by atoms with Gasteiger partial charge in [0.05, 0.1) is 6.20 Å². The van der Waals surface area contributed by atoms with Gasteiger partial charge in [0.1, 0.15) is 0 Å². The van der Waals surface area contributed by atoms with Crippen LogP contribution in [0.15, 0.2) is 17.3 Å². The fraction of sp³-hybridized carbons (Fsp3) is 0.727. The van der Waals surface area contributed by atoms with Gasteiger partial charge in [0, 0.05) is 13.1 Å². The molecule has 0 aliphatic heterocycles. The largest absolute Gasteiger partial charge is 0.266 e. The molecule has 1 aliphatic carbocycles. The summed E-state index contributed by atoms with van der Waals surface area (Å²) in [6.45, 7) is 2.18. The van der Waals surface area contributed by atoms with Crippen molar-refractivity contribution in [2.45, 2.75) is 43.7 Å². The predicted octanol–water partition coefficient (Wildman–Crippen LogP) is 1.61. The van der Waals surface area contributed by atoms with Crippen molar-refractivity contribution in [3.8, 4) is 0 Å². The molecule has 1 N–H and O–H groups in total. The summed E-state index contributed by atoms with van der Waals surface area (Å²) in [4.78, 5) is 0. The van der Waals surface area contributed by atoms with Crippen LogP contribution in [0.3, 0.4) is 0 Å². The number of hydrogen-bond acceptors (Lipinski definition) is 3. The molecule has 2 rings (SSSR count). The maximum atomic E-state index is 12.3. The van der Waals surface area contributed by atoms with E-state index in [9.17, 15) is 8.42 Å². The SMILES string of the molecule is CC1CCCC(N(C)S(=O)(=O)c2ccn[nH]2)C1. The molecule has 2 unspecified atom stereocenters. The van der Waals surface area contributed by atoms with Gasteiger partial charge in [-0.3, -0.25) is 5.10 Å². The highest BCUT2D eigenvalue weighted by atomic mass is 32.2. The van der Waals surface area contributed by atoms with Crippen LogP contribution in [0.5, 0.6) is 0 Å². The maximum absolute atomic E-state index is 12.3. The van der Waals surface area contributed by atoms with E-state index >= 15 is 0 Å². The molecule has 0 bridgehead atoms. The number of nitrogens with one attached hydrogen (secondary N) is 1. The zero-order chi connectivity index (χ0) is 12.5. The molecule has 1 heterocycles. The van der Waals surface area contributed by atoms with Gasteiger partial charge in [0.2, 0.25) is 0 Å². The summed E-state index contributed by atoms with van der Waals surface area (Å²) in [6, 6.07) is 1.62. The predicted molar refractivity (Wildman–Crippen MR) is 65.0 cm³/mol. The van der Waals surface area contributed by atoms with Crippen molar-refractivity contribution >= 4 is 10.0 Å². The lowest BCUT2D eigenvalue weighted by molar-refractivity contribution is 0.238. The first-order valence-corrected chi connectivity index (χ1v) is 7.43. The van der Waals surface area contributed by atoms with E-state index in [-0.39, 0.29) is 11.1 Å². The third-order valence-electron chi connectivity index (χ3n) is 3.56. The molecule has 2 atom stereocenters. The molecule has 0 saturated heterocycles. The topological polar surface area (TPSA) is 66.1 Å². The standard InChI is InChI=1S/C11H19N3O2S/c1-9-4-3-5-10(8-9)14(2)17(15,16)11-6-7-12-13-11/h6-7,9-10H,3-5,8H2,1-2H3,(H,12,13). The molecule has 0 spiro atoms. The Labute approximate surface area is 102 Å². The Morgan fingerprint density at radius 2 is 2.24 bits per heavy atom. The Hall–Kier alpha value is -0.880. The van der Waals surface area contributed by atoms with Crippen LogP contribution >= 0.6 is 0 Å². The van der Waals surface area contributed by atoms with Crippen LogP contribution in [0.2, 0.25) is 0 Å². The molecule has 0 radical (unpaired) electrons. The number of aromatic nitrogens is 2. The van der Waals surface area contributed by atoms with E-state index in [1.54, 1.807) is 7.05 Å².